The van der Waals surface area contributed by atoms with Crippen molar-refractivity contribution < 1.29 is 19.5 Å². The Balaban J connectivity index is 1.24. The first kappa shape index (κ1) is 20.9. The second-order valence-corrected chi connectivity index (χ2v) is 9.51. The number of benzene rings is 1. The van der Waals surface area contributed by atoms with E-state index in [-0.39, 0.29) is 47.6 Å². The molecule has 1 aliphatic carbocycles. The number of hydrogen-bond donors (Lipinski definition) is 2. The summed E-state index contributed by atoms with van der Waals surface area (Å²) in [6.07, 6.45) is 2.37. The lowest BCUT2D eigenvalue weighted by molar-refractivity contribution is -0.141. The molecule has 7 atom stereocenters. The van der Waals surface area contributed by atoms with Gasteiger partial charge in [0.25, 0.3) is 0 Å². The van der Waals surface area contributed by atoms with Gasteiger partial charge in [0.2, 0.25) is 11.8 Å². The zero-order valence-electron chi connectivity index (χ0n) is 17.9. The van der Waals surface area contributed by atoms with Gasteiger partial charge in [-0.2, -0.15) is 5.26 Å². The summed E-state index contributed by atoms with van der Waals surface area (Å²) in [5.74, 6) is -0.748. The molecule has 0 aromatic heterocycles. The maximum atomic E-state index is 13.2. The number of fused-ring (bicyclic) bond motifs is 3. The van der Waals surface area contributed by atoms with Gasteiger partial charge in [0.1, 0.15) is 6.04 Å². The Morgan fingerprint density at radius 3 is 2.78 bits per heavy atom. The molecule has 9 nitrogen and oxygen atoms in total. The Bertz CT molecular complexity index is 1020. The minimum atomic E-state index is -0.993. The van der Waals surface area contributed by atoms with Gasteiger partial charge < -0.3 is 20.6 Å². The molecule has 9 heteroatoms. The molecule has 0 spiro atoms. The van der Waals surface area contributed by atoms with Crippen LogP contribution in [0.15, 0.2) is 24.3 Å². The number of rotatable bonds is 6. The molecule has 2 bridgehead atoms. The Morgan fingerprint density at radius 1 is 1.31 bits per heavy atom. The molecule has 1 saturated carbocycles. The van der Waals surface area contributed by atoms with Crippen molar-refractivity contribution in [2.24, 2.45) is 11.7 Å². The quantitative estimate of drug-likeness (QED) is 0.665. The van der Waals surface area contributed by atoms with Gasteiger partial charge in [-0.3, -0.25) is 14.5 Å². The highest BCUT2D eigenvalue weighted by molar-refractivity contribution is 5.89. The highest BCUT2D eigenvalue weighted by Gasteiger charge is 2.56. The third-order valence-corrected chi connectivity index (χ3v) is 7.60. The monoisotopic (exact) mass is 437 g/mol. The van der Waals surface area contributed by atoms with Gasteiger partial charge in [-0.15, -0.1) is 0 Å². The van der Waals surface area contributed by atoms with Crippen LogP contribution in [0.2, 0.25) is 0 Å². The zero-order chi connectivity index (χ0) is 22.7. The second kappa shape index (κ2) is 7.57. The zero-order valence-corrected chi connectivity index (χ0v) is 17.9. The van der Waals surface area contributed by atoms with Gasteiger partial charge in [-0.1, -0.05) is 12.1 Å². The fourth-order valence-corrected chi connectivity index (χ4v) is 5.90. The topological polar surface area (TPSA) is 131 Å². The molecular weight excluding hydrogens is 410 g/mol. The van der Waals surface area contributed by atoms with E-state index in [1.54, 1.807) is 17.0 Å². The number of nitriles is 1. The standard InChI is InChI=1S/C23H27N5O4/c1-12(13-3-2-4-14(5-13)23(31)32)27-17-8-20(22(27)30)26(10-17)11-18(25)21(29)28-16(9-24)6-15-7-19(15)28/h2-5,12,15-20H,6-8,10-11,25H2,1H3,(H,31,32)/t12-,15+,16-,17+,18-,19?,20+/m0/s1. The Labute approximate surface area is 186 Å². The molecule has 5 rings (SSSR count). The predicted molar refractivity (Wildman–Crippen MR) is 113 cm³/mol. The fraction of sp³-hybridized carbons (Fsp3) is 0.565. The number of piperidine rings is 1. The molecular formula is C23H27N5O4. The van der Waals surface area contributed by atoms with Crippen molar-refractivity contribution >= 4 is 17.8 Å². The molecule has 3 saturated heterocycles. The van der Waals surface area contributed by atoms with Crippen LogP contribution in [-0.4, -0.2) is 80.9 Å². The number of carbonyl (C=O) groups is 3. The highest BCUT2D eigenvalue weighted by Crippen LogP contribution is 2.48. The molecule has 0 radical (unpaired) electrons. The maximum absolute atomic E-state index is 13.2. The first-order chi connectivity index (χ1) is 15.3. The largest absolute Gasteiger partial charge is 0.478 e. The number of carboxylic acid groups (broad SMARTS) is 1. The van der Waals surface area contributed by atoms with Gasteiger partial charge >= 0.3 is 5.97 Å². The molecule has 168 valence electrons. The summed E-state index contributed by atoms with van der Waals surface area (Å²) in [7, 11) is 0. The van der Waals surface area contributed by atoms with Gasteiger partial charge in [0.15, 0.2) is 0 Å². The third kappa shape index (κ3) is 3.26. The number of nitrogens with two attached hydrogens (primary N) is 1. The van der Waals surface area contributed by atoms with Crippen LogP contribution in [0.5, 0.6) is 0 Å². The number of aromatic carboxylic acids is 1. The van der Waals surface area contributed by atoms with E-state index in [2.05, 4.69) is 6.07 Å². The molecule has 1 aromatic carbocycles. The SMILES string of the molecule is C[C@@H](c1cccc(C(=O)O)c1)N1C(=O)[C@H]2C[C@@H]1CN2C[C@H](N)C(=O)N1C2C[C@H]2C[C@H]1C#N. The number of piperazine rings is 1. The fourth-order valence-electron chi connectivity index (χ4n) is 5.90. The summed E-state index contributed by atoms with van der Waals surface area (Å²) in [5.41, 5.74) is 7.25. The van der Waals surface area contributed by atoms with Gasteiger partial charge in [-0.25, -0.2) is 4.79 Å². The number of carboxylic acids is 1. The summed E-state index contributed by atoms with van der Waals surface area (Å²) in [4.78, 5) is 42.9. The smallest absolute Gasteiger partial charge is 0.335 e. The predicted octanol–water partition coefficient (Wildman–Crippen LogP) is 0.571. The van der Waals surface area contributed by atoms with E-state index >= 15 is 0 Å². The van der Waals surface area contributed by atoms with E-state index in [1.807, 2.05) is 22.8 Å². The molecule has 3 N–H and O–H groups in total. The normalized spacial score (nSPS) is 32.5. The van der Waals surface area contributed by atoms with Gasteiger partial charge in [0.05, 0.1) is 29.8 Å². The Kier molecular flexibility index (Phi) is 4.95. The molecule has 1 aromatic rings. The minimum Gasteiger partial charge on any atom is -0.478 e. The first-order valence-corrected chi connectivity index (χ1v) is 11.2. The summed E-state index contributed by atoms with van der Waals surface area (Å²) in [5, 5.41) is 18.6. The van der Waals surface area contributed by atoms with Crippen LogP contribution in [0, 0.1) is 17.2 Å². The van der Waals surface area contributed by atoms with Crippen molar-refractivity contribution in [3.63, 3.8) is 0 Å². The maximum Gasteiger partial charge on any atom is 0.335 e. The van der Waals surface area contributed by atoms with Crippen LogP contribution in [0.4, 0.5) is 0 Å². The molecule has 1 unspecified atom stereocenters. The Hall–Kier alpha value is -2.96. The molecule has 3 aliphatic heterocycles. The van der Waals surface area contributed by atoms with E-state index in [0.717, 1.165) is 18.4 Å². The summed E-state index contributed by atoms with van der Waals surface area (Å²) in [6, 6.07) is 7.39. The Morgan fingerprint density at radius 2 is 2.09 bits per heavy atom. The summed E-state index contributed by atoms with van der Waals surface area (Å²) < 4.78 is 0. The van der Waals surface area contributed by atoms with E-state index < -0.39 is 12.0 Å². The van der Waals surface area contributed by atoms with Crippen LogP contribution < -0.4 is 5.73 Å². The van der Waals surface area contributed by atoms with E-state index in [9.17, 15) is 24.8 Å². The highest BCUT2D eigenvalue weighted by atomic mass is 16.4. The van der Waals surface area contributed by atoms with Crippen LogP contribution in [0.1, 0.15) is 48.1 Å². The number of carbonyl (C=O) groups excluding carboxylic acids is 2. The number of hydrogen-bond acceptors (Lipinski definition) is 6. The van der Waals surface area contributed by atoms with Crippen LogP contribution in [-0.2, 0) is 9.59 Å². The minimum absolute atomic E-state index is 0.00439. The van der Waals surface area contributed by atoms with E-state index in [1.165, 1.54) is 6.07 Å². The lowest BCUT2D eigenvalue weighted by Gasteiger charge is -2.38. The summed E-state index contributed by atoms with van der Waals surface area (Å²) in [6.45, 7) is 2.85. The second-order valence-electron chi connectivity index (χ2n) is 9.51. The molecule has 3 heterocycles. The van der Waals surface area contributed by atoms with Crippen LogP contribution in [0.3, 0.4) is 0 Å². The van der Waals surface area contributed by atoms with E-state index in [0.29, 0.717) is 25.4 Å². The van der Waals surface area contributed by atoms with Crippen molar-refractivity contribution in [3.8, 4) is 6.07 Å². The first-order valence-electron chi connectivity index (χ1n) is 11.2. The van der Waals surface area contributed by atoms with Gasteiger partial charge in [0, 0.05) is 25.2 Å². The lowest BCUT2D eigenvalue weighted by Crippen LogP contribution is -2.57. The van der Waals surface area contributed by atoms with E-state index in [4.69, 9.17) is 5.73 Å². The molecule has 2 amide bonds. The molecule has 32 heavy (non-hydrogen) atoms. The van der Waals surface area contributed by atoms with Crippen molar-refractivity contribution in [2.75, 3.05) is 13.1 Å². The average Bonchev–Trinajstić information content (AvgIpc) is 3.11. The van der Waals surface area contributed by atoms with Crippen molar-refractivity contribution in [1.82, 2.24) is 14.7 Å². The van der Waals surface area contributed by atoms with Crippen molar-refractivity contribution in [2.45, 2.75) is 62.4 Å². The van der Waals surface area contributed by atoms with Crippen molar-refractivity contribution in [3.05, 3.63) is 35.4 Å². The average molecular weight is 438 g/mol. The van der Waals surface area contributed by atoms with Gasteiger partial charge in [-0.05, 0) is 49.8 Å². The van der Waals surface area contributed by atoms with Crippen LogP contribution >= 0.6 is 0 Å². The summed E-state index contributed by atoms with van der Waals surface area (Å²) >= 11 is 0. The van der Waals surface area contributed by atoms with Crippen molar-refractivity contribution in [1.29, 1.82) is 5.26 Å². The molecule has 4 fully saturated rings. The molecule has 4 aliphatic rings. The third-order valence-electron chi connectivity index (χ3n) is 7.60. The number of likely N-dealkylation sites (tertiary alicyclic amines) is 3. The number of amides is 2. The van der Waals surface area contributed by atoms with Crippen LogP contribution in [0.25, 0.3) is 0 Å². The number of nitrogens with zero attached hydrogens (tertiary/aromatic N) is 4. The lowest BCUT2D eigenvalue weighted by atomic mass is 10.0.